The van der Waals surface area contributed by atoms with Gasteiger partial charge in [-0.15, -0.1) is 12.4 Å². The number of carbonyl (C=O) groups is 1. The largest absolute Gasteiger partial charge is 0.369 e. The molecule has 0 aromatic rings. The lowest BCUT2D eigenvalue weighted by atomic mass is 9.77. The number of carbonyl (C=O) groups excluding carboxylic acids is 1. The Labute approximate surface area is 189 Å². The number of hydrogen-bond acceptors (Lipinski definition) is 2. The minimum absolute atomic E-state index is 0. The van der Waals surface area contributed by atoms with Gasteiger partial charge in [0.2, 0.25) is 5.91 Å². The van der Waals surface area contributed by atoms with Gasteiger partial charge in [0.05, 0.1) is 0 Å². The van der Waals surface area contributed by atoms with Gasteiger partial charge in [0.15, 0.2) is 0 Å². The first kappa shape index (κ1) is 33.4. The maximum Gasteiger partial charge on any atom is 0.223 e. The highest BCUT2D eigenvalue weighted by Crippen LogP contribution is 2.32. The number of nitrogens with two attached hydrogens (primary N) is 2. The van der Waals surface area contributed by atoms with Gasteiger partial charge in [-0.05, 0) is 32.2 Å². The zero-order valence-corrected chi connectivity index (χ0v) is 21.2. The highest BCUT2D eigenvalue weighted by Gasteiger charge is 2.31. The summed E-state index contributed by atoms with van der Waals surface area (Å²) in [5, 5.41) is 0. The number of rotatable bonds is 19. The molecule has 0 aliphatic carbocycles. The first-order chi connectivity index (χ1) is 13.5. The Kier molecular flexibility index (Phi) is 29.6. The molecule has 178 valence electrons. The van der Waals surface area contributed by atoms with Crippen LogP contribution in [0.25, 0.3) is 0 Å². The third kappa shape index (κ3) is 20.8. The fourth-order valence-corrected chi connectivity index (χ4v) is 3.73. The molecule has 0 aliphatic rings. The zero-order chi connectivity index (χ0) is 21.5. The predicted octanol–water partition coefficient (Wildman–Crippen LogP) is 7.93. The maximum absolute atomic E-state index is 11.7. The van der Waals surface area contributed by atoms with Crippen LogP contribution < -0.4 is 11.5 Å². The normalized spacial score (nSPS) is 10.8. The lowest BCUT2D eigenvalue weighted by molar-refractivity contribution is -0.128. The van der Waals surface area contributed by atoms with E-state index in [0.29, 0.717) is 0 Å². The van der Waals surface area contributed by atoms with Gasteiger partial charge in [-0.3, -0.25) is 4.79 Å². The van der Waals surface area contributed by atoms with E-state index < -0.39 is 0 Å². The SMILES string of the molecule is CCCCCCCCCCCCCCCCC(CC)(CC)C(N)=O.CCCN.Cl. The van der Waals surface area contributed by atoms with Crippen molar-refractivity contribution in [1.82, 2.24) is 0 Å². The van der Waals surface area contributed by atoms with Crippen LogP contribution in [0.1, 0.15) is 143 Å². The summed E-state index contributed by atoms with van der Waals surface area (Å²) in [5.74, 6) is -0.0952. The van der Waals surface area contributed by atoms with Gasteiger partial charge < -0.3 is 11.5 Å². The zero-order valence-electron chi connectivity index (χ0n) is 20.4. The molecular weight excluding hydrogens is 380 g/mol. The van der Waals surface area contributed by atoms with E-state index in [0.717, 1.165) is 38.6 Å². The fraction of sp³-hybridized carbons (Fsp3) is 0.960. The van der Waals surface area contributed by atoms with E-state index in [9.17, 15) is 4.79 Å². The van der Waals surface area contributed by atoms with Crippen LogP contribution in [-0.4, -0.2) is 12.5 Å². The molecule has 29 heavy (non-hydrogen) atoms. The molecule has 0 bridgehead atoms. The molecule has 1 amide bonds. The van der Waals surface area contributed by atoms with E-state index in [1.54, 1.807) is 0 Å². The number of hydrogen-bond donors (Lipinski definition) is 2. The summed E-state index contributed by atoms with van der Waals surface area (Å²) in [5.41, 5.74) is 10.4. The fourth-order valence-electron chi connectivity index (χ4n) is 3.73. The summed E-state index contributed by atoms with van der Waals surface area (Å²) >= 11 is 0. The number of primary amides is 1. The topological polar surface area (TPSA) is 69.1 Å². The summed E-state index contributed by atoms with van der Waals surface area (Å²) < 4.78 is 0. The molecule has 0 heterocycles. The minimum atomic E-state index is -0.239. The van der Waals surface area contributed by atoms with Crippen molar-refractivity contribution in [1.29, 1.82) is 0 Å². The average molecular weight is 435 g/mol. The second-order valence-electron chi connectivity index (χ2n) is 8.49. The molecule has 0 atom stereocenters. The van der Waals surface area contributed by atoms with Crippen LogP contribution in [0.5, 0.6) is 0 Å². The monoisotopic (exact) mass is 434 g/mol. The van der Waals surface area contributed by atoms with Gasteiger partial charge in [-0.1, -0.05) is 118 Å². The lowest BCUT2D eigenvalue weighted by Crippen LogP contribution is -2.36. The molecule has 0 aromatic heterocycles. The van der Waals surface area contributed by atoms with Gasteiger partial charge in [0, 0.05) is 5.41 Å². The molecule has 0 unspecified atom stereocenters. The van der Waals surface area contributed by atoms with Gasteiger partial charge in [0.25, 0.3) is 0 Å². The molecule has 4 heteroatoms. The molecule has 0 aliphatic heterocycles. The molecule has 0 saturated heterocycles. The summed E-state index contributed by atoms with van der Waals surface area (Å²) in [6.45, 7) is 9.35. The standard InChI is InChI=1S/C22H45NO.C3H9N.ClH/c1-4-7-8-9-10-11-12-13-14-15-16-17-18-19-20-22(5-2,6-3)21(23)24;1-2-3-4;/h4-20H2,1-3H3,(H2,23,24);2-4H2,1H3;1H. The first-order valence-electron chi connectivity index (χ1n) is 12.5. The van der Waals surface area contributed by atoms with Crippen LogP contribution in [-0.2, 0) is 4.79 Å². The highest BCUT2D eigenvalue weighted by atomic mass is 35.5. The molecule has 0 fully saturated rings. The Morgan fingerprint density at radius 1 is 0.621 bits per heavy atom. The van der Waals surface area contributed by atoms with Crippen molar-refractivity contribution in [2.45, 2.75) is 143 Å². The Morgan fingerprint density at radius 3 is 1.17 bits per heavy atom. The van der Waals surface area contributed by atoms with E-state index >= 15 is 0 Å². The van der Waals surface area contributed by atoms with Crippen molar-refractivity contribution in [2.75, 3.05) is 6.54 Å². The summed E-state index contributed by atoms with van der Waals surface area (Å²) in [7, 11) is 0. The van der Waals surface area contributed by atoms with Crippen molar-refractivity contribution in [3.05, 3.63) is 0 Å². The average Bonchev–Trinajstić information content (AvgIpc) is 2.71. The second kappa shape index (κ2) is 25.8. The summed E-state index contributed by atoms with van der Waals surface area (Å²) in [6.07, 6.45) is 23.1. The third-order valence-electron chi connectivity index (χ3n) is 6.17. The summed E-state index contributed by atoms with van der Waals surface area (Å²) in [4.78, 5) is 11.7. The molecule has 0 radical (unpaired) electrons. The molecule has 0 aromatic carbocycles. The molecule has 0 saturated carbocycles. The van der Waals surface area contributed by atoms with Crippen LogP contribution in [0, 0.1) is 5.41 Å². The predicted molar refractivity (Wildman–Crippen MR) is 134 cm³/mol. The Morgan fingerprint density at radius 2 is 0.931 bits per heavy atom. The Bertz CT molecular complexity index is 318. The smallest absolute Gasteiger partial charge is 0.223 e. The quantitative estimate of drug-likeness (QED) is 0.202. The van der Waals surface area contributed by atoms with E-state index in [1.165, 1.54) is 83.5 Å². The van der Waals surface area contributed by atoms with E-state index in [1.807, 2.05) is 0 Å². The number of amides is 1. The third-order valence-corrected chi connectivity index (χ3v) is 6.17. The van der Waals surface area contributed by atoms with Gasteiger partial charge in [-0.25, -0.2) is 0 Å². The van der Waals surface area contributed by atoms with E-state index in [4.69, 9.17) is 11.5 Å². The van der Waals surface area contributed by atoms with Crippen molar-refractivity contribution in [3.8, 4) is 0 Å². The second-order valence-corrected chi connectivity index (χ2v) is 8.49. The molecular formula is C25H55ClN2O. The van der Waals surface area contributed by atoms with Crippen LogP contribution in [0.2, 0.25) is 0 Å². The number of unbranched alkanes of at least 4 members (excludes halogenated alkanes) is 13. The molecule has 3 nitrogen and oxygen atoms in total. The van der Waals surface area contributed by atoms with Gasteiger partial charge in [0.1, 0.15) is 0 Å². The lowest BCUT2D eigenvalue weighted by Gasteiger charge is -2.27. The Balaban J connectivity index is -0.00000123. The Hall–Kier alpha value is -0.280. The van der Waals surface area contributed by atoms with Crippen molar-refractivity contribution >= 4 is 18.3 Å². The van der Waals surface area contributed by atoms with E-state index in [-0.39, 0.29) is 23.7 Å². The molecule has 4 N–H and O–H groups in total. The van der Waals surface area contributed by atoms with Crippen molar-refractivity contribution in [2.24, 2.45) is 16.9 Å². The molecule has 0 spiro atoms. The first-order valence-corrected chi connectivity index (χ1v) is 12.5. The maximum atomic E-state index is 11.7. The van der Waals surface area contributed by atoms with Crippen LogP contribution in [0.4, 0.5) is 0 Å². The minimum Gasteiger partial charge on any atom is -0.369 e. The van der Waals surface area contributed by atoms with Crippen molar-refractivity contribution in [3.63, 3.8) is 0 Å². The van der Waals surface area contributed by atoms with Crippen LogP contribution in [0.15, 0.2) is 0 Å². The van der Waals surface area contributed by atoms with Crippen LogP contribution >= 0.6 is 12.4 Å². The van der Waals surface area contributed by atoms with Crippen LogP contribution in [0.3, 0.4) is 0 Å². The van der Waals surface area contributed by atoms with Gasteiger partial charge in [-0.2, -0.15) is 0 Å². The number of halogens is 1. The van der Waals surface area contributed by atoms with Crippen molar-refractivity contribution < 1.29 is 4.79 Å². The summed E-state index contributed by atoms with van der Waals surface area (Å²) in [6, 6.07) is 0. The van der Waals surface area contributed by atoms with E-state index in [2.05, 4.69) is 27.7 Å². The molecule has 0 rings (SSSR count). The van der Waals surface area contributed by atoms with Gasteiger partial charge >= 0.3 is 0 Å². The highest BCUT2D eigenvalue weighted by molar-refractivity contribution is 5.85.